The zero-order valence-electron chi connectivity index (χ0n) is 12.1. The van der Waals surface area contributed by atoms with Crippen LogP contribution in [0.5, 0.6) is 0 Å². The van der Waals surface area contributed by atoms with Crippen LogP contribution >= 0.6 is 11.3 Å². The minimum absolute atomic E-state index is 0.0999. The number of hydrogen-bond acceptors (Lipinski definition) is 5. The van der Waals surface area contributed by atoms with Gasteiger partial charge in [0.05, 0.1) is 11.4 Å². The maximum Gasteiger partial charge on any atom is 0.273 e. The monoisotopic (exact) mass is 307 g/mol. The molecule has 2 amide bonds. The summed E-state index contributed by atoms with van der Waals surface area (Å²) in [6.45, 7) is 5.52. The highest BCUT2D eigenvalue weighted by Crippen LogP contribution is 2.24. The van der Waals surface area contributed by atoms with E-state index in [1.54, 1.807) is 6.07 Å². The van der Waals surface area contributed by atoms with Crippen molar-refractivity contribution in [2.45, 2.75) is 26.3 Å². The molecule has 6 nitrogen and oxygen atoms in total. The minimum Gasteiger partial charge on any atom is -0.355 e. The number of thiophene rings is 1. The number of carbonyl (C=O) groups is 2. The molecule has 0 radical (unpaired) electrons. The summed E-state index contributed by atoms with van der Waals surface area (Å²) in [7, 11) is 0. The van der Waals surface area contributed by atoms with E-state index in [2.05, 4.69) is 15.8 Å². The highest BCUT2D eigenvalue weighted by Gasteiger charge is 2.17. The predicted octanol–water partition coefficient (Wildman–Crippen LogP) is 2.05. The molecule has 0 aliphatic rings. The first-order chi connectivity index (χ1) is 9.85. The Hall–Kier alpha value is -2.15. The van der Waals surface area contributed by atoms with Crippen molar-refractivity contribution in [2.24, 2.45) is 0 Å². The number of hydrogen-bond donors (Lipinski definition) is 2. The fraction of sp³-hybridized carbons (Fsp3) is 0.357. The van der Waals surface area contributed by atoms with Crippen LogP contribution in [-0.4, -0.2) is 29.1 Å². The van der Waals surface area contributed by atoms with Crippen LogP contribution in [-0.2, 0) is 4.79 Å². The summed E-state index contributed by atoms with van der Waals surface area (Å²) >= 11 is 1.50. The van der Waals surface area contributed by atoms with E-state index in [9.17, 15) is 9.59 Å². The number of amides is 2. The van der Waals surface area contributed by atoms with E-state index in [0.29, 0.717) is 5.76 Å². The van der Waals surface area contributed by atoms with E-state index in [1.807, 2.05) is 38.3 Å². The maximum absolute atomic E-state index is 11.9. The lowest BCUT2D eigenvalue weighted by Gasteiger charge is -2.20. The van der Waals surface area contributed by atoms with Gasteiger partial charge in [0, 0.05) is 11.6 Å². The largest absolute Gasteiger partial charge is 0.355 e. The minimum atomic E-state index is -0.439. The van der Waals surface area contributed by atoms with Crippen LogP contribution in [0.2, 0.25) is 0 Å². The zero-order valence-corrected chi connectivity index (χ0v) is 12.9. The summed E-state index contributed by atoms with van der Waals surface area (Å²) < 4.78 is 5.12. The molecule has 0 aliphatic carbocycles. The van der Waals surface area contributed by atoms with Gasteiger partial charge in [-0.1, -0.05) is 11.2 Å². The van der Waals surface area contributed by atoms with Crippen molar-refractivity contribution >= 4 is 23.2 Å². The Morgan fingerprint density at radius 2 is 2.14 bits per heavy atom. The molecule has 0 saturated heterocycles. The molecule has 0 aromatic carbocycles. The van der Waals surface area contributed by atoms with E-state index < -0.39 is 5.91 Å². The van der Waals surface area contributed by atoms with Crippen LogP contribution in [0.15, 0.2) is 28.1 Å². The Labute approximate surface area is 126 Å². The highest BCUT2D eigenvalue weighted by molar-refractivity contribution is 7.13. The van der Waals surface area contributed by atoms with Gasteiger partial charge in [-0.05, 0) is 32.2 Å². The summed E-state index contributed by atoms with van der Waals surface area (Å²) in [5, 5.41) is 10.9. The van der Waals surface area contributed by atoms with Crippen molar-refractivity contribution in [3.05, 3.63) is 29.3 Å². The van der Waals surface area contributed by atoms with Crippen LogP contribution in [0.1, 0.15) is 31.3 Å². The normalized spacial score (nSPS) is 11.2. The van der Waals surface area contributed by atoms with Crippen LogP contribution in [0.25, 0.3) is 10.6 Å². The predicted molar refractivity (Wildman–Crippen MR) is 80.0 cm³/mol. The summed E-state index contributed by atoms with van der Waals surface area (Å²) in [5.41, 5.74) is -0.177. The lowest BCUT2D eigenvalue weighted by Crippen LogP contribution is -2.45. The van der Waals surface area contributed by atoms with Gasteiger partial charge in [0.15, 0.2) is 11.5 Å². The first-order valence-electron chi connectivity index (χ1n) is 6.45. The average Bonchev–Trinajstić information content (AvgIpc) is 3.03. The second kappa shape index (κ2) is 6.09. The first kappa shape index (κ1) is 15.2. The molecule has 2 aromatic rings. The van der Waals surface area contributed by atoms with Gasteiger partial charge in [-0.2, -0.15) is 0 Å². The van der Waals surface area contributed by atoms with Crippen LogP contribution < -0.4 is 10.6 Å². The number of rotatable bonds is 4. The highest BCUT2D eigenvalue weighted by atomic mass is 32.1. The molecule has 0 bridgehead atoms. The van der Waals surface area contributed by atoms with Gasteiger partial charge in [0.2, 0.25) is 5.91 Å². The van der Waals surface area contributed by atoms with E-state index in [4.69, 9.17) is 4.52 Å². The third kappa shape index (κ3) is 4.42. The van der Waals surface area contributed by atoms with E-state index in [1.165, 1.54) is 11.3 Å². The van der Waals surface area contributed by atoms with E-state index >= 15 is 0 Å². The molecule has 2 aromatic heterocycles. The second-order valence-electron chi connectivity index (χ2n) is 5.53. The van der Waals surface area contributed by atoms with Gasteiger partial charge in [-0.3, -0.25) is 9.59 Å². The molecular formula is C14H17N3O3S. The molecular weight excluding hydrogens is 290 g/mol. The topological polar surface area (TPSA) is 84.2 Å². The molecule has 112 valence electrons. The van der Waals surface area contributed by atoms with Crippen molar-refractivity contribution in [1.29, 1.82) is 0 Å². The van der Waals surface area contributed by atoms with E-state index in [0.717, 1.165) is 4.88 Å². The van der Waals surface area contributed by atoms with Gasteiger partial charge in [0.1, 0.15) is 0 Å². The lowest BCUT2D eigenvalue weighted by molar-refractivity contribution is -0.121. The molecule has 21 heavy (non-hydrogen) atoms. The van der Waals surface area contributed by atoms with Crippen molar-refractivity contribution < 1.29 is 14.1 Å². The third-order valence-electron chi connectivity index (χ3n) is 2.43. The number of carbonyl (C=O) groups excluding carboxylic acids is 2. The molecule has 7 heteroatoms. The molecule has 0 fully saturated rings. The summed E-state index contributed by atoms with van der Waals surface area (Å²) in [6.07, 6.45) is 0. The van der Waals surface area contributed by atoms with Crippen LogP contribution in [0.3, 0.4) is 0 Å². The Morgan fingerprint density at radius 1 is 1.38 bits per heavy atom. The molecule has 2 N–H and O–H groups in total. The molecule has 0 aliphatic heterocycles. The lowest BCUT2D eigenvalue weighted by atomic mass is 10.1. The van der Waals surface area contributed by atoms with Crippen molar-refractivity contribution in [2.75, 3.05) is 6.54 Å². The average molecular weight is 307 g/mol. The molecule has 0 atom stereocenters. The summed E-state index contributed by atoms with van der Waals surface area (Å²) in [4.78, 5) is 24.4. The fourth-order valence-electron chi connectivity index (χ4n) is 1.63. The number of nitrogens with zero attached hydrogens (tertiary/aromatic N) is 1. The van der Waals surface area contributed by atoms with Crippen molar-refractivity contribution in [3.8, 4) is 10.6 Å². The fourth-order valence-corrected chi connectivity index (χ4v) is 2.30. The molecule has 2 heterocycles. The Balaban J connectivity index is 1.91. The Kier molecular flexibility index (Phi) is 4.42. The number of nitrogens with one attached hydrogen (secondary N) is 2. The standard InChI is InChI=1S/C14H17N3O3S/c1-14(2,3)16-12(18)8-15-13(19)9-7-10(20-17-9)11-5-4-6-21-11/h4-7H,8H2,1-3H3,(H,15,19)(H,16,18). The quantitative estimate of drug-likeness (QED) is 0.905. The number of aromatic nitrogens is 1. The maximum atomic E-state index is 11.9. The van der Waals surface area contributed by atoms with Crippen LogP contribution in [0.4, 0.5) is 0 Å². The molecule has 2 rings (SSSR count). The van der Waals surface area contributed by atoms with Crippen molar-refractivity contribution in [1.82, 2.24) is 15.8 Å². The van der Waals surface area contributed by atoms with Gasteiger partial charge in [-0.15, -0.1) is 11.3 Å². The SMILES string of the molecule is CC(C)(C)NC(=O)CNC(=O)c1cc(-c2cccs2)on1. The van der Waals surface area contributed by atoms with Crippen molar-refractivity contribution in [3.63, 3.8) is 0 Å². The van der Waals surface area contributed by atoms with Crippen LogP contribution in [0, 0.1) is 0 Å². The smallest absolute Gasteiger partial charge is 0.273 e. The van der Waals surface area contributed by atoms with E-state index in [-0.39, 0.29) is 23.7 Å². The molecule has 0 unspecified atom stereocenters. The first-order valence-corrected chi connectivity index (χ1v) is 7.33. The Bertz CT molecular complexity index is 626. The van der Waals surface area contributed by atoms with Gasteiger partial charge in [0.25, 0.3) is 5.91 Å². The van der Waals surface area contributed by atoms with Gasteiger partial charge < -0.3 is 15.2 Å². The molecule has 0 spiro atoms. The van der Waals surface area contributed by atoms with Gasteiger partial charge >= 0.3 is 0 Å². The zero-order chi connectivity index (χ0) is 15.5. The Morgan fingerprint density at radius 3 is 2.76 bits per heavy atom. The third-order valence-corrected chi connectivity index (χ3v) is 3.32. The molecule has 0 saturated carbocycles. The van der Waals surface area contributed by atoms with Gasteiger partial charge in [-0.25, -0.2) is 0 Å². The summed E-state index contributed by atoms with van der Waals surface area (Å²) in [5.74, 6) is -0.155. The summed E-state index contributed by atoms with van der Waals surface area (Å²) in [6, 6.07) is 5.32. The second-order valence-corrected chi connectivity index (χ2v) is 6.48.